The van der Waals surface area contributed by atoms with Gasteiger partial charge in [-0.2, -0.15) is 0 Å². The van der Waals surface area contributed by atoms with Gasteiger partial charge in [0.1, 0.15) is 0 Å². The van der Waals surface area contributed by atoms with Crippen LogP contribution in [0.3, 0.4) is 0 Å². The van der Waals surface area contributed by atoms with Gasteiger partial charge in [0.2, 0.25) is 0 Å². The fourth-order valence-electron chi connectivity index (χ4n) is 2.78. The zero-order valence-electron chi connectivity index (χ0n) is 17.5. The van der Waals surface area contributed by atoms with Gasteiger partial charge >= 0.3 is 0 Å². The summed E-state index contributed by atoms with van der Waals surface area (Å²) < 4.78 is 11.4. The van der Waals surface area contributed by atoms with Crippen LogP contribution in [0, 0.1) is 0 Å². The summed E-state index contributed by atoms with van der Waals surface area (Å²) in [4.78, 5) is 12.0. The van der Waals surface area contributed by atoms with Crippen LogP contribution in [0.1, 0.15) is 51.8 Å². The zero-order chi connectivity index (χ0) is 20.6. The van der Waals surface area contributed by atoms with Crippen molar-refractivity contribution in [1.29, 1.82) is 0 Å². The Bertz CT molecular complexity index is 754. The summed E-state index contributed by atoms with van der Waals surface area (Å²) >= 11 is 0. The van der Waals surface area contributed by atoms with Crippen LogP contribution in [-0.2, 0) is 11.3 Å². The normalized spacial score (nSPS) is 12.3. The lowest BCUT2D eigenvalue weighted by atomic mass is 10.1. The fourth-order valence-corrected chi connectivity index (χ4v) is 2.78. The molecule has 0 fully saturated rings. The maximum absolute atomic E-state index is 12.0. The Morgan fingerprint density at radius 2 is 1.75 bits per heavy atom. The van der Waals surface area contributed by atoms with Crippen LogP contribution in [0.15, 0.2) is 48.5 Å². The van der Waals surface area contributed by atoms with Crippen molar-refractivity contribution in [3.8, 4) is 11.5 Å². The van der Waals surface area contributed by atoms with Crippen LogP contribution >= 0.6 is 0 Å². The Kier molecular flexibility index (Phi) is 7.88. The fraction of sp³-hybridized carbons (Fsp3) is 0.435. The summed E-state index contributed by atoms with van der Waals surface area (Å²) in [7, 11) is 0. The average molecular weight is 385 g/mol. The molecule has 2 aromatic carbocycles. The molecule has 0 radical (unpaired) electrons. The quantitative estimate of drug-likeness (QED) is 0.679. The van der Waals surface area contributed by atoms with Crippen molar-refractivity contribution in [1.82, 2.24) is 10.6 Å². The van der Waals surface area contributed by atoms with Crippen LogP contribution in [0.25, 0.3) is 0 Å². The molecular formula is C23H32N2O3. The minimum absolute atomic E-state index is 0.0417. The minimum Gasteiger partial charge on any atom is -0.490 e. The number of hydrogen-bond acceptors (Lipinski definition) is 4. The maximum atomic E-state index is 12.0. The maximum Gasteiger partial charge on any atom is 0.258 e. The lowest BCUT2D eigenvalue weighted by Crippen LogP contribution is -2.43. The second-order valence-electron chi connectivity index (χ2n) is 7.81. The first-order chi connectivity index (χ1) is 13.3. The topological polar surface area (TPSA) is 59.6 Å². The first-order valence-electron chi connectivity index (χ1n) is 9.76. The molecule has 0 spiro atoms. The molecule has 0 saturated heterocycles. The second kappa shape index (κ2) is 10.1. The second-order valence-corrected chi connectivity index (χ2v) is 7.81. The van der Waals surface area contributed by atoms with Crippen LogP contribution < -0.4 is 20.1 Å². The van der Waals surface area contributed by atoms with E-state index in [-0.39, 0.29) is 24.1 Å². The number of amides is 1. The third-order valence-corrected chi connectivity index (χ3v) is 4.09. The van der Waals surface area contributed by atoms with Crippen LogP contribution in [0.2, 0.25) is 0 Å². The summed E-state index contributed by atoms with van der Waals surface area (Å²) in [5, 5.41) is 6.41. The number of ether oxygens (including phenoxy) is 2. The van der Waals surface area contributed by atoms with E-state index in [1.807, 2.05) is 64.1 Å². The molecule has 0 heterocycles. The highest BCUT2D eigenvalue weighted by molar-refractivity contribution is 5.78. The average Bonchev–Trinajstić information content (AvgIpc) is 2.65. The van der Waals surface area contributed by atoms with Crippen molar-refractivity contribution >= 4 is 5.91 Å². The van der Waals surface area contributed by atoms with E-state index in [9.17, 15) is 4.79 Å². The molecule has 28 heavy (non-hydrogen) atoms. The van der Waals surface area contributed by atoms with Crippen LogP contribution in [0.4, 0.5) is 0 Å². The number of carbonyl (C=O) groups is 1. The van der Waals surface area contributed by atoms with Crippen LogP contribution in [-0.4, -0.2) is 24.7 Å². The number of carbonyl (C=O) groups excluding carboxylic acids is 1. The number of benzene rings is 2. The van der Waals surface area contributed by atoms with Crippen molar-refractivity contribution in [2.24, 2.45) is 0 Å². The molecule has 1 atom stereocenters. The standard InChI is InChI=1S/C23H32N2O3/c1-6-27-21-14-18(15-24-17(2)19-10-8-7-9-11-19)12-13-20(21)28-16-22(26)25-23(3,4)5/h7-14,17,24H,6,15-16H2,1-5H3,(H,25,26)/t17-/m0/s1. The van der Waals surface area contributed by atoms with Crippen LogP contribution in [0.5, 0.6) is 11.5 Å². The van der Waals surface area contributed by atoms with Crippen molar-refractivity contribution in [2.45, 2.75) is 52.7 Å². The first kappa shape index (κ1) is 21.8. The van der Waals surface area contributed by atoms with E-state index in [1.54, 1.807) is 0 Å². The van der Waals surface area contributed by atoms with Gasteiger partial charge in [-0.25, -0.2) is 0 Å². The molecule has 0 aliphatic heterocycles. The van der Waals surface area contributed by atoms with Crippen molar-refractivity contribution in [3.05, 3.63) is 59.7 Å². The number of rotatable bonds is 9. The van der Waals surface area contributed by atoms with Gasteiger partial charge in [0.25, 0.3) is 5.91 Å². The van der Waals surface area contributed by atoms with Gasteiger partial charge in [0.15, 0.2) is 18.1 Å². The molecular weight excluding hydrogens is 352 g/mol. The van der Waals surface area contributed by atoms with E-state index in [0.29, 0.717) is 24.7 Å². The molecule has 0 saturated carbocycles. The van der Waals surface area contributed by atoms with E-state index in [2.05, 4.69) is 29.7 Å². The predicted octanol–water partition coefficient (Wildman–Crippen LogP) is 4.23. The molecule has 0 aromatic heterocycles. The Balaban J connectivity index is 1.98. The van der Waals surface area contributed by atoms with E-state index in [0.717, 1.165) is 5.56 Å². The summed E-state index contributed by atoms with van der Waals surface area (Å²) in [5.74, 6) is 1.07. The molecule has 0 bridgehead atoms. The molecule has 2 aromatic rings. The highest BCUT2D eigenvalue weighted by Gasteiger charge is 2.15. The van der Waals surface area contributed by atoms with Crippen molar-refractivity contribution in [2.75, 3.05) is 13.2 Å². The van der Waals surface area contributed by atoms with Gasteiger partial charge < -0.3 is 20.1 Å². The molecule has 5 nitrogen and oxygen atoms in total. The predicted molar refractivity (Wildman–Crippen MR) is 113 cm³/mol. The molecule has 0 unspecified atom stereocenters. The van der Waals surface area contributed by atoms with Gasteiger partial charge in [-0.05, 0) is 57.9 Å². The summed E-state index contributed by atoms with van der Waals surface area (Å²) in [6.45, 7) is 11.1. The third kappa shape index (κ3) is 7.24. The smallest absolute Gasteiger partial charge is 0.258 e. The zero-order valence-corrected chi connectivity index (χ0v) is 17.5. The number of nitrogens with one attached hydrogen (secondary N) is 2. The monoisotopic (exact) mass is 384 g/mol. The minimum atomic E-state index is -0.284. The van der Waals surface area contributed by atoms with Gasteiger partial charge in [-0.15, -0.1) is 0 Å². The summed E-state index contributed by atoms with van der Waals surface area (Å²) in [5.41, 5.74) is 2.06. The van der Waals surface area contributed by atoms with E-state index in [4.69, 9.17) is 9.47 Å². The van der Waals surface area contributed by atoms with E-state index < -0.39 is 0 Å². The van der Waals surface area contributed by atoms with Crippen molar-refractivity contribution < 1.29 is 14.3 Å². The molecule has 0 aliphatic rings. The molecule has 5 heteroatoms. The van der Waals surface area contributed by atoms with E-state index in [1.165, 1.54) is 5.56 Å². The Hall–Kier alpha value is -2.53. The Morgan fingerprint density at radius 1 is 1.04 bits per heavy atom. The molecule has 2 N–H and O–H groups in total. The summed E-state index contributed by atoms with van der Waals surface area (Å²) in [6, 6.07) is 16.4. The van der Waals surface area contributed by atoms with E-state index >= 15 is 0 Å². The highest BCUT2D eigenvalue weighted by atomic mass is 16.5. The van der Waals surface area contributed by atoms with Gasteiger partial charge in [-0.1, -0.05) is 36.4 Å². The third-order valence-electron chi connectivity index (χ3n) is 4.09. The Morgan fingerprint density at radius 3 is 2.39 bits per heavy atom. The Labute approximate surface area is 168 Å². The molecule has 152 valence electrons. The van der Waals surface area contributed by atoms with Gasteiger partial charge in [0, 0.05) is 18.1 Å². The molecule has 1 amide bonds. The highest BCUT2D eigenvalue weighted by Crippen LogP contribution is 2.29. The van der Waals surface area contributed by atoms with Crippen molar-refractivity contribution in [3.63, 3.8) is 0 Å². The van der Waals surface area contributed by atoms with Gasteiger partial charge in [0.05, 0.1) is 6.61 Å². The molecule has 2 rings (SSSR count). The van der Waals surface area contributed by atoms with Gasteiger partial charge in [-0.3, -0.25) is 4.79 Å². The SMILES string of the molecule is CCOc1cc(CN[C@@H](C)c2ccccc2)ccc1OCC(=O)NC(C)(C)C. The first-order valence-corrected chi connectivity index (χ1v) is 9.76. The number of hydrogen-bond donors (Lipinski definition) is 2. The molecule has 0 aliphatic carbocycles. The largest absolute Gasteiger partial charge is 0.490 e. The lowest BCUT2D eigenvalue weighted by molar-refractivity contribution is -0.124. The summed E-state index contributed by atoms with van der Waals surface area (Å²) in [6.07, 6.45) is 0. The lowest BCUT2D eigenvalue weighted by Gasteiger charge is -2.21.